The number of rotatable bonds is 0. The summed E-state index contributed by atoms with van der Waals surface area (Å²) in [7, 11) is 0. The van der Waals surface area contributed by atoms with E-state index < -0.39 is 0 Å². The van der Waals surface area contributed by atoms with Crippen molar-refractivity contribution in [3.63, 3.8) is 0 Å². The molecule has 2 saturated heterocycles. The molecule has 2 aliphatic heterocycles. The molecule has 1 radical (unpaired) electrons. The summed E-state index contributed by atoms with van der Waals surface area (Å²) in [5.41, 5.74) is 0.461. The predicted molar refractivity (Wildman–Crippen MR) is 46.0 cm³/mol. The molecule has 2 rings (SSSR count). The highest BCUT2D eigenvalue weighted by molar-refractivity contribution is 8.01. The Bertz CT molecular complexity index is 110. The van der Waals surface area contributed by atoms with Crippen LogP contribution < -0.4 is 5.32 Å². The van der Waals surface area contributed by atoms with Crippen molar-refractivity contribution < 1.29 is 0 Å². The van der Waals surface area contributed by atoms with Crippen molar-refractivity contribution in [2.75, 3.05) is 12.3 Å². The highest BCUT2D eigenvalue weighted by Gasteiger charge is 2.35. The first kappa shape index (κ1) is 6.99. The predicted octanol–water partition coefficient (Wildman–Crippen LogP) is 1.80. The summed E-state index contributed by atoms with van der Waals surface area (Å²) in [5.74, 6) is 3.75. The molecule has 2 aliphatic rings. The van der Waals surface area contributed by atoms with Gasteiger partial charge in [0.25, 0.3) is 0 Å². The number of hydrogen-bond donors (Lipinski definition) is 1. The zero-order valence-electron chi connectivity index (χ0n) is 6.23. The van der Waals surface area contributed by atoms with Gasteiger partial charge in [-0.15, -0.1) is 0 Å². The lowest BCUT2D eigenvalue weighted by Crippen LogP contribution is -2.46. The summed E-state index contributed by atoms with van der Waals surface area (Å²) in [6.45, 7) is 1.23. The van der Waals surface area contributed by atoms with Crippen molar-refractivity contribution in [2.45, 2.75) is 31.2 Å². The van der Waals surface area contributed by atoms with Gasteiger partial charge in [0.05, 0.1) is 0 Å². The minimum Gasteiger partial charge on any atom is -0.310 e. The van der Waals surface area contributed by atoms with E-state index in [9.17, 15) is 0 Å². The standard InChI is InChI=1S/C8H14NS/c1-2-5-9-8(3-1)4-6-10-7-8/h7,9H,1-6H2. The van der Waals surface area contributed by atoms with Crippen LogP contribution in [0.5, 0.6) is 0 Å². The Morgan fingerprint density at radius 1 is 1.30 bits per heavy atom. The quantitative estimate of drug-likeness (QED) is 0.574. The van der Waals surface area contributed by atoms with E-state index in [-0.39, 0.29) is 0 Å². The topological polar surface area (TPSA) is 12.0 Å². The van der Waals surface area contributed by atoms with Crippen LogP contribution in [0.15, 0.2) is 0 Å². The van der Waals surface area contributed by atoms with E-state index in [1.807, 2.05) is 11.8 Å². The van der Waals surface area contributed by atoms with Crippen LogP contribution in [0.1, 0.15) is 25.7 Å². The van der Waals surface area contributed by atoms with Crippen molar-refractivity contribution in [1.29, 1.82) is 0 Å². The molecule has 1 spiro atoms. The van der Waals surface area contributed by atoms with E-state index >= 15 is 0 Å². The van der Waals surface area contributed by atoms with Gasteiger partial charge >= 0.3 is 0 Å². The second kappa shape index (κ2) is 2.74. The summed E-state index contributed by atoms with van der Waals surface area (Å²) in [5, 5.41) is 3.62. The molecular weight excluding hydrogens is 142 g/mol. The molecule has 0 aromatic carbocycles. The fraction of sp³-hybridized carbons (Fsp3) is 0.875. The molecule has 1 nitrogen and oxygen atoms in total. The second-order valence-electron chi connectivity index (χ2n) is 3.28. The smallest absolute Gasteiger partial charge is 0.0366 e. The molecule has 0 aliphatic carbocycles. The third-order valence-corrected chi connectivity index (χ3v) is 3.56. The van der Waals surface area contributed by atoms with Crippen molar-refractivity contribution in [3.05, 3.63) is 5.75 Å². The zero-order valence-corrected chi connectivity index (χ0v) is 7.04. The van der Waals surface area contributed by atoms with Crippen molar-refractivity contribution in [2.24, 2.45) is 0 Å². The fourth-order valence-corrected chi connectivity index (χ4v) is 3.06. The van der Waals surface area contributed by atoms with E-state index in [1.165, 1.54) is 38.0 Å². The average molecular weight is 156 g/mol. The third kappa shape index (κ3) is 1.19. The Hall–Kier alpha value is 0.310. The Morgan fingerprint density at radius 3 is 2.90 bits per heavy atom. The van der Waals surface area contributed by atoms with Crippen LogP contribution in [-0.2, 0) is 0 Å². The highest BCUT2D eigenvalue weighted by atomic mass is 32.2. The Morgan fingerprint density at radius 2 is 2.30 bits per heavy atom. The first-order valence-corrected chi connectivity index (χ1v) is 5.17. The van der Waals surface area contributed by atoms with Crippen LogP contribution in [0.25, 0.3) is 0 Å². The van der Waals surface area contributed by atoms with Crippen LogP contribution in [0.2, 0.25) is 0 Å². The molecule has 0 amide bonds. The van der Waals surface area contributed by atoms with E-state index in [4.69, 9.17) is 0 Å². The summed E-state index contributed by atoms with van der Waals surface area (Å²) in [6.07, 6.45) is 5.53. The minimum atomic E-state index is 0.461. The van der Waals surface area contributed by atoms with Crippen molar-refractivity contribution >= 4 is 11.8 Å². The van der Waals surface area contributed by atoms with Crippen molar-refractivity contribution in [1.82, 2.24) is 5.32 Å². The normalized spacial score (nSPS) is 40.8. The molecule has 2 heterocycles. The molecule has 10 heavy (non-hydrogen) atoms. The molecule has 0 bridgehead atoms. The molecule has 0 aromatic rings. The van der Waals surface area contributed by atoms with Crippen LogP contribution in [0, 0.1) is 5.75 Å². The third-order valence-electron chi connectivity index (χ3n) is 2.50. The summed E-state index contributed by atoms with van der Waals surface area (Å²) in [6, 6.07) is 0. The first-order valence-electron chi connectivity index (χ1n) is 4.12. The van der Waals surface area contributed by atoms with Gasteiger partial charge in [0.15, 0.2) is 0 Å². The number of hydrogen-bond acceptors (Lipinski definition) is 2. The summed E-state index contributed by atoms with van der Waals surface area (Å²) < 4.78 is 0. The van der Waals surface area contributed by atoms with Gasteiger partial charge in [-0.05, 0) is 31.6 Å². The monoisotopic (exact) mass is 156 g/mol. The van der Waals surface area contributed by atoms with Gasteiger partial charge in [0.1, 0.15) is 0 Å². The largest absolute Gasteiger partial charge is 0.310 e. The molecule has 2 fully saturated rings. The molecule has 0 aromatic heterocycles. The molecular formula is C8H14NS. The van der Waals surface area contributed by atoms with Crippen LogP contribution >= 0.6 is 11.8 Å². The van der Waals surface area contributed by atoms with Crippen molar-refractivity contribution in [3.8, 4) is 0 Å². The molecule has 1 atom stereocenters. The Kier molecular flexibility index (Phi) is 1.92. The lowest BCUT2D eigenvalue weighted by atomic mass is 9.89. The van der Waals surface area contributed by atoms with E-state index in [0.717, 1.165) is 0 Å². The van der Waals surface area contributed by atoms with Gasteiger partial charge in [0, 0.05) is 11.3 Å². The number of nitrogens with one attached hydrogen (secondary N) is 1. The van der Waals surface area contributed by atoms with E-state index in [0.29, 0.717) is 5.54 Å². The van der Waals surface area contributed by atoms with E-state index in [1.54, 1.807) is 0 Å². The average Bonchev–Trinajstić information content (AvgIpc) is 2.39. The van der Waals surface area contributed by atoms with Crippen LogP contribution in [0.4, 0.5) is 0 Å². The first-order chi connectivity index (χ1) is 4.91. The maximum atomic E-state index is 3.62. The molecule has 0 saturated carbocycles. The fourth-order valence-electron chi connectivity index (χ4n) is 1.82. The zero-order chi connectivity index (χ0) is 6.86. The minimum absolute atomic E-state index is 0.461. The second-order valence-corrected chi connectivity index (χ2v) is 4.26. The molecule has 1 unspecified atom stereocenters. The Balaban J connectivity index is 1.98. The maximum Gasteiger partial charge on any atom is 0.0366 e. The molecule has 57 valence electrons. The lowest BCUT2D eigenvalue weighted by molar-refractivity contribution is 0.306. The number of thioether (sulfide) groups is 1. The summed E-state index contributed by atoms with van der Waals surface area (Å²) in [4.78, 5) is 0. The van der Waals surface area contributed by atoms with Gasteiger partial charge < -0.3 is 5.32 Å². The SMILES string of the molecule is [CH]1SCCC12CCCCN2. The molecule has 1 N–H and O–H groups in total. The maximum absolute atomic E-state index is 3.62. The highest BCUT2D eigenvalue weighted by Crippen LogP contribution is 2.37. The van der Waals surface area contributed by atoms with Gasteiger partial charge in [-0.25, -0.2) is 0 Å². The van der Waals surface area contributed by atoms with Crippen LogP contribution in [-0.4, -0.2) is 17.8 Å². The summed E-state index contributed by atoms with van der Waals surface area (Å²) >= 11 is 1.99. The molecule has 2 heteroatoms. The number of piperidine rings is 1. The van der Waals surface area contributed by atoms with Gasteiger partial charge in [-0.1, -0.05) is 6.42 Å². The Labute approximate surface area is 67.0 Å². The van der Waals surface area contributed by atoms with Gasteiger partial charge in [-0.3, -0.25) is 0 Å². The lowest BCUT2D eigenvalue weighted by Gasteiger charge is -2.33. The van der Waals surface area contributed by atoms with Crippen LogP contribution in [0.3, 0.4) is 0 Å². The van der Waals surface area contributed by atoms with E-state index in [2.05, 4.69) is 11.1 Å². The van der Waals surface area contributed by atoms with Gasteiger partial charge in [-0.2, -0.15) is 11.8 Å². The van der Waals surface area contributed by atoms with Gasteiger partial charge in [0.2, 0.25) is 0 Å².